The number of carbonyl (C=O) groups excluding carboxylic acids is 1. The van der Waals surface area contributed by atoms with Crippen molar-refractivity contribution in [3.8, 4) is 0 Å². The predicted molar refractivity (Wildman–Crippen MR) is 72.8 cm³/mol. The Hall–Kier alpha value is -0.480. The van der Waals surface area contributed by atoms with Crippen LogP contribution < -0.4 is 5.32 Å². The van der Waals surface area contributed by atoms with Crippen molar-refractivity contribution in [1.82, 2.24) is 5.32 Å². The largest absolute Gasteiger partial charge is 0.440 e. The number of carbonyl (C=O) groups is 1. The van der Waals surface area contributed by atoms with Crippen LogP contribution in [-0.4, -0.2) is 17.3 Å². The summed E-state index contributed by atoms with van der Waals surface area (Å²) in [6.45, 7) is 7.05. The summed E-state index contributed by atoms with van der Waals surface area (Å²) >= 11 is 9.15. The van der Waals surface area contributed by atoms with Crippen molar-refractivity contribution in [2.45, 2.75) is 32.0 Å². The first-order valence-corrected chi connectivity index (χ1v) is 6.75. The van der Waals surface area contributed by atoms with Crippen LogP contribution in [0.1, 0.15) is 37.7 Å². The van der Waals surface area contributed by atoms with E-state index in [1.165, 1.54) is 0 Å². The third kappa shape index (κ3) is 5.59. The smallest absolute Gasteiger partial charge is 0.287 e. The van der Waals surface area contributed by atoms with Crippen molar-refractivity contribution >= 4 is 33.4 Å². The van der Waals surface area contributed by atoms with E-state index < -0.39 is 0 Å². The highest BCUT2D eigenvalue weighted by molar-refractivity contribution is 9.09. The van der Waals surface area contributed by atoms with Gasteiger partial charge in [-0.1, -0.05) is 36.7 Å². The summed E-state index contributed by atoms with van der Waals surface area (Å²) in [6.07, 6.45) is 0.978. The van der Waals surface area contributed by atoms with Gasteiger partial charge < -0.3 is 9.73 Å². The molecule has 0 aliphatic carbocycles. The molecule has 1 rings (SSSR count). The van der Waals surface area contributed by atoms with Gasteiger partial charge in [0.05, 0.1) is 0 Å². The lowest BCUT2D eigenvalue weighted by Gasteiger charge is -2.22. The first-order chi connectivity index (χ1) is 7.78. The summed E-state index contributed by atoms with van der Waals surface area (Å²) in [5.41, 5.74) is 0.229. The van der Waals surface area contributed by atoms with Crippen LogP contribution in [-0.2, 0) is 0 Å². The highest BCUT2D eigenvalue weighted by Crippen LogP contribution is 2.24. The SMILES string of the molecule is CC(C)(C)CC(Br)CNC(=O)c1ccc(Cl)o1. The normalized spacial score (nSPS) is 13.5. The van der Waals surface area contributed by atoms with Gasteiger partial charge in [-0.15, -0.1) is 0 Å². The molecule has 5 heteroatoms. The fourth-order valence-corrected chi connectivity index (χ4v) is 2.74. The summed E-state index contributed by atoms with van der Waals surface area (Å²) in [7, 11) is 0. The standard InChI is InChI=1S/C12H17BrClNO2/c1-12(2,3)6-8(13)7-15-11(16)9-4-5-10(14)17-9/h4-5,8H,6-7H2,1-3H3,(H,15,16). The number of furan rings is 1. The molecule has 0 aliphatic heterocycles. The van der Waals surface area contributed by atoms with Crippen LogP contribution in [0.3, 0.4) is 0 Å². The third-order valence-electron chi connectivity index (χ3n) is 2.11. The molecule has 1 N–H and O–H groups in total. The van der Waals surface area contributed by atoms with E-state index in [9.17, 15) is 4.79 Å². The average Bonchev–Trinajstić information content (AvgIpc) is 2.58. The first-order valence-electron chi connectivity index (χ1n) is 5.45. The minimum absolute atomic E-state index is 0.222. The molecular formula is C12H17BrClNO2. The van der Waals surface area contributed by atoms with Crippen molar-refractivity contribution in [3.05, 3.63) is 23.1 Å². The van der Waals surface area contributed by atoms with Crippen LogP contribution in [0, 0.1) is 5.41 Å². The topological polar surface area (TPSA) is 42.2 Å². The number of halogens is 2. The number of hydrogen-bond acceptors (Lipinski definition) is 2. The number of rotatable bonds is 4. The molecule has 0 radical (unpaired) electrons. The molecule has 3 nitrogen and oxygen atoms in total. The van der Waals surface area contributed by atoms with Gasteiger partial charge in [0.1, 0.15) is 0 Å². The van der Waals surface area contributed by atoms with Gasteiger partial charge in [-0.2, -0.15) is 0 Å². The Kier molecular flexibility index (Phi) is 5.07. The Morgan fingerprint density at radius 3 is 2.65 bits per heavy atom. The van der Waals surface area contributed by atoms with Crippen LogP contribution in [0.2, 0.25) is 5.22 Å². The molecule has 0 fully saturated rings. The van der Waals surface area contributed by atoms with E-state index in [4.69, 9.17) is 16.0 Å². The highest BCUT2D eigenvalue weighted by Gasteiger charge is 2.18. The lowest BCUT2D eigenvalue weighted by Crippen LogP contribution is -2.31. The highest BCUT2D eigenvalue weighted by atomic mass is 79.9. The molecular weight excluding hydrogens is 305 g/mol. The molecule has 0 spiro atoms. The molecule has 1 amide bonds. The Morgan fingerprint density at radius 1 is 1.53 bits per heavy atom. The summed E-state index contributed by atoms with van der Waals surface area (Å²) in [4.78, 5) is 11.9. The summed E-state index contributed by atoms with van der Waals surface area (Å²) in [5, 5.41) is 3.02. The quantitative estimate of drug-likeness (QED) is 0.855. The lowest BCUT2D eigenvalue weighted by molar-refractivity contribution is 0.0925. The summed E-state index contributed by atoms with van der Waals surface area (Å²) in [6, 6.07) is 3.11. The fraction of sp³-hybridized carbons (Fsp3) is 0.583. The molecule has 0 saturated heterocycles. The Labute approximate surface area is 115 Å². The Morgan fingerprint density at radius 2 is 2.18 bits per heavy atom. The zero-order valence-corrected chi connectivity index (χ0v) is 12.6. The van der Waals surface area contributed by atoms with Crippen LogP contribution in [0.15, 0.2) is 16.5 Å². The van der Waals surface area contributed by atoms with Gasteiger partial charge in [0.25, 0.3) is 5.91 Å². The fourth-order valence-electron chi connectivity index (χ4n) is 1.46. The van der Waals surface area contributed by atoms with Gasteiger partial charge >= 0.3 is 0 Å². The van der Waals surface area contributed by atoms with Gasteiger partial charge in [-0.3, -0.25) is 4.79 Å². The first kappa shape index (κ1) is 14.6. The number of alkyl halides is 1. The molecule has 1 heterocycles. The average molecular weight is 323 g/mol. The minimum Gasteiger partial charge on any atom is -0.440 e. The number of nitrogens with one attached hydrogen (secondary N) is 1. The molecule has 0 aliphatic rings. The van der Waals surface area contributed by atoms with Gasteiger partial charge in [0.15, 0.2) is 11.0 Å². The number of amides is 1. The molecule has 96 valence electrons. The molecule has 1 aromatic rings. The lowest BCUT2D eigenvalue weighted by atomic mass is 9.90. The van der Waals surface area contributed by atoms with E-state index in [0.717, 1.165) is 6.42 Å². The number of hydrogen-bond donors (Lipinski definition) is 1. The van der Waals surface area contributed by atoms with Gasteiger partial charge in [-0.05, 0) is 35.6 Å². The van der Waals surface area contributed by atoms with E-state index in [0.29, 0.717) is 6.54 Å². The second-order valence-electron chi connectivity index (χ2n) is 5.18. The van der Waals surface area contributed by atoms with E-state index >= 15 is 0 Å². The van der Waals surface area contributed by atoms with E-state index in [-0.39, 0.29) is 27.1 Å². The Bertz CT molecular complexity index is 384. The van der Waals surface area contributed by atoms with Gasteiger partial charge in [0, 0.05) is 11.4 Å². The maximum Gasteiger partial charge on any atom is 0.287 e. The molecule has 1 atom stereocenters. The molecule has 1 unspecified atom stereocenters. The zero-order chi connectivity index (χ0) is 13.1. The second kappa shape index (κ2) is 5.91. The van der Waals surface area contributed by atoms with Gasteiger partial charge in [-0.25, -0.2) is 0 Å². The molecule has 0 aromatic carbocycles. The van der Waals surface area contributed by atoms with Crippen molar-refractivity contribution in [2.24, 2.45) is 5.41 Å². The van der Waals surface area contributed by atoms with Gasteiger partial charge in [0.2, 0.25) is 0 Å². The summed E-state index contributed by atoms with van der Waals surface area (Å²) < 4.78 is 5.02. The van der Waals surface area contributed by atoms with Crippen LogP contribution >= 0.6 is 27.5 Å². The van der Waals surface area contributed by atoms with E-state index in [1.807, 2.05) is 0 Å². The van der Waals surface area contributed by atoms with Crippen LogP contribution in [0.25, 0.3) is 0 Å². The Balaban J connectivity index is 2.38. The maximum absolute atomic E-state index is 11.6. The maximum atomic E-state index is 11.6. The monoisotopic (exact) mass is 321 g/mol. The molecule has 0 bridgehead atoms. The third-order valence-corrected chi connectivity index (χ3v) is 2.97. The predicted octanol–water partition coefficient (Wildman–Crippen LogP) is 3.86. The van der Waals surface area contributed by atoms with Crippen LogP contribution in [0.5, 0.6) is 0 Å². The zero-order valence-electron chi connectivity index (χ0n) is 10.2. The van der Waals surface area contributed by atoms with Crippen molar-refractivity contribution < 1.29 is 9.21 Å². The second-order valence-corrected chi connectivity index (χ2v) is 6.84. The minimum atomic E-state index is -0.241. The van der Waals surface area contributed by atoms with E-state index in [1.54, 1.807) is 12.1 Å². The van der Waals surface area contributed by atoms with Crippen molar-refractivity contribution in [1.29, 1.82) is 0 Å². The molecule has 1 aromatic heterocycles. The van der Waals surface area contributed by atoms with E-state index in [2.05, 4.69) is 42.0 Å². The summed E-state index contributed by atoms with van der Waals surface area (Å²) in [5.74, 6) is 0.000665. The van der Waals surface area contributed by atoms with Crippen molar-refractivity contribution in [3.63, 3.8) is 0 Å². The van der Waals surface area contributed by atoms with Crippen LogP contribution in [0.4, 0.5) is 0 Å². The molecule has 17 heavy (non-hydrogen) atoms. The molecule has 0 saturated carbocycles. The van der Waals surface area contributed by atoms with Crippen molar-refractivity contribution in [2.75, 3.05) is 6.54 Å².